The molecule has 0 amide bonds. The molecule has 0 bridgehead atoms. The molecule has 3 rings (SSSR count). The number of halogens is 1. The van der Waals surface area contributed by atoms with Gasteiger partial charge in [0.15, 0.2) is 11.6 Å². The lowest BCUT2D eigenvalue weighted by Crippen LogP contribution is -2.31. The van der Waals surface area contributed by atoms with Crippen molar-refractivity contribution in [3.05, 3.63) is 48.4 Å². The van der Waals surface area contributed by atoms with Gasteiger partial charge in [0, 0.05) is 56.9 Å². The standard InChI is InChI=1S/C15H18FN5/c16-14-3-1-4-19-15(14)21-6-2-5-20(7-8-21)11-13-9-17-12-18-10-13/h1,3-4,9-10,12H,2,5-8,11H2. The smallest absolute Gasteiger partial charge is 0.165 e. The second-order valence-corrected chi connectivity index (χ2v) is 5.17. The molecule has 6 heteroatoms. The summed E-state index contributed by atoms with van der Waals surface area (Å²) in [6.45, 7) is 4.31. The summed E-state index contributed by atoms with van der Waals surface area (Å²) in [5, 5.41) is 0. The van der Waals surface area contributed by atoms with Gasteiger partial charge in [-0.2, -0.15) is 0 Å². The number of pyridine rings is 1. The van der Waals surface area contributed by atoms with E-state index in [-0.39, 0.29) is 5.82 Å². The van der Waals surface area contributed by atoms with E-state index in [4.69, 9.17) is 0 Å². The minimum absolute atomic E-state index is 0.248. The third-order valence-corrected chi connectivity index (χ3v) is 3.65. The maximum atomic E-state index is 13.8. The van der Waals surface area contributed by atoms with Crippen LogP contribution in [-0.2, 0) is 6.54 Å². The second-order valence-electron chi connectivity index (χ2n) is 5.17. The van der Waals surface area contributed by atoms with Gasteiger partial charge in [-0.25, -0.2) is 19.3 Å². The van der Waals surface area contributed by atoms with Gasteiger partial charge in [0.2, 0.25) is 0 Å². The monoisotopic (exact) mass is 287 g/mol. The molecule has 0 unspecified atom stereocenters. The predicted molar refractivity (Wildman–Crippen MR) is 78.3 cm³/mol. The van der Waals surface area contributed by atoms with Gasteiger partial charge in [-0.15, -0.1) is 0 Å². The van der Waals surface area contributed by atoms with Crippen LogP contribution in [0.3, 0.4) is 0 Å². The molecular formula is C15H18FN5. The summed E-state index contributed by atoms with van der Waals surface area (Å²) in [5.41, 5.74) is 1.11. The number of anilines is 1. The zero-order chi connectivity index (χ0) is 14.5. The lowest BCUT2D eigenvalue weighted by atomic mass is 10.3. The molecule has 1 fully saturated rings. The van der Waals surface area contributed by atoms with Crippen LogP contribution in [0.5, 0.6) is 0 Å². The van der Waals surface area contributed by atoms with Gasteiger partial charge < -0.3 is 4.90 Å². The molecule has 1 aliphatic heterocycles. The fourth-order valence-corrected chi connectivity index (χ4v) is 2.62. The summed E-state index contributed by atoms with van der Waals surface area (Å²) < 4.78 is 13.8. The molecule has 1 saturated heterocycles. The maximum absolute atomic E-state index is 13.8. The SMILES string of the molecule is Fc1cccnc1N1CCCN(Cc2cncnc2)CC1. The molecule has 2 aromatic rings. The number of aromatic nitrogens is 3. The molecule has 0 N–H and O–H groups in total. The van der Waals surface area contributed by atoms with Crippen LogP contribution in [0.25, 0.3) is 0 Å². The molecule has 110 valence electrons. The molecule has 3 heterocycles. The van der Waals surface area contributed by atoms with Crippen molar-refractivity contribution in [3.63, 3.8) is 0 Å². The van der Waals surface area contributed by atoms with Crippen LogP contribution in [0.15, 0.2) is 37.1 Å². The fraction of sp³-hybridized carbons (Fsp3) is 0.400. The van der Waals surface area contributed by atoms with E-state index >= 15 is 0 Å². The van der Waals surface area contributed by atoms with Gasteiger partial charge in [-0.3, -0.25) is 4.90 Å². The zero-order valence-electron chi connectivity index (χ0n) is 11.8. The third kappa shape index (κ3) is 3.52. The lowest BCUT2D eigenvalue weighted by molar-refractivity contribution is 0.284. The summed E-state index contributed by atoms with van der Waals surface area (Å²) in [6.07, 6.45) is 7.85. The maximum Gasteiger partial charge on any atom is 0.165 e. The summed E-state index contributed by atoms with van der Waals surface area (Å²) in [5.74, 6) is 0.213. The van der Waals surface area contributed by atoms with Gasteiger partial charge in [0.1, 0.15) is 6.33 Å². The number of rotatable bonds is 3. The second kappa shape index (κ2) is 6.58. The number of hydrogen-bond acceptors (Lipinski definition) is 5. The van der Waals surface area contributed by atoms with E-state index < -0.39 is 0 Å². The number of nitrogens with zero attached hydrogens (tertiary/aromatic N) is 5. The first kappa shape index (κ1) is 13.9. The Bertz CT molecular complexity index is 577. The van der Waals surface area contributed by atoms with Gasteiger partial charge in [0.25, 0.3) is 0 Å². The van der Waals surface area contributed by atoms with E-state index in [1.165, 1.54) is 12.4 Å². The molecule has 0 saturated carbocycles. The van der Waals surface area contributed by atoms with Gasteiger partial charge in [0.05, 0.1) is 0 Å². The average Bonchev–Trinajstić information content (AvgIpc) is 2.74. The van der Waals surface area contributed by atoms with Crippen LogP contribution in [0.1, 0.15) is 12.0 Å². The molecule has 0 atom stereocenters. The summed E-state index contributed by atoms with van der Waals surface area (Å²) in [7, 11) is 0. The molecule has 21 heavy (non-hydrogen) atoms. The predicted octanol–water partition coefficient (Wildman–Crippen LogP) is 1.72. The number of hydrogen-bond donors (Lipinski definition) is 0. The Morgan fingerprint density at radius 1 is 1.10 bits per heavy atom. The third-order valence-electron chi connectivity index (χ3n) is 3.65. The Hall–Kier alpha value is -2.08. The summed E-state index contributed by atoms with van der Waals surface area (Å²) in [4.78, 5) is 16.6. The van der Waals surface area contributed by atoms with Crippen molar-refractivity contribution < 1.29 is 4.39 Å². The van der Waals surface area contributed by atoms with E-state index in [2.05, 4.69) is 19.9 Å². The highest BCUT2D eigenvalue weighted by Gasteiger charge is 2.18. The Morgan fingerprint density at radius 2 is 1.95 bits per heavy atom. The summed E-state index contributed by atoms with van der Waals surface area (Å²) >= 11 is 0. The summed E-state index contributed by atoms with van der Waals surface area (Å²) in [6, 6.07) is 3.09. The van der Waals surface area contributed by atoms with Crippen LogP contribution in [-0.4, -0.2) is 46.0 Å². The Morgan fingerprint density at radius 3 is 2.76 bits per heavy atom. The van der Waals surface area contributed by atoms with Crippen molar-refractivity contribution >= 4 is 5.82 Å². The van der Waals surface area contributed by atoms with E-state index in [1.54, 1.807) is 12.3 Å². The van der Waals surface area contributed by atoms with Crippen LogP contribution in [0.4, 0.5) is 10.2 Å². The van der Waals surface area contributed by atoms with E-state index in [0.29, 0.717) is 5.82 Å². The van der Waals surface area contributed by atoms with Crippen LogP contribution < -0.4 is 4.90 Å². The molecule has 1 aliphatic rings. The highest BCUT2D eigenvalue weighted by atomic mass is 19.1. The van der Waals surface area contributed by atoms with Crippen molar-refractivity contribution in [3.8, 4) is 0 Å². The Kier molecular flexibility index (Phi) is 4.35. The quantitative estimate of drug-likeness (QED) is 0.860. The van der Waals surface area contributed by atoms with E-state index in [9.17, 15) is 4.39 Å². The van der Waals surface area contributed by atoms with Crippen molar-refractivity contribution in [1.82, 2.24) is 19.9 Å². The van der Waals surface area contributed by atoms with Crippen molar-refractivity contribution in [2.75, 3.05) is 31.1 Å². The molecule has 0 radical (unpaired) electrons. The Balaban J connectivity index is 1.63. The van der Waals surface area contributed by atoms with Crippen molar-refractivity contribution in [2.45, 2.75) is 13.0 Å². The zero-order valence-corrected chi connectivity index (χ0v) is 11.8. The minimum atomic E-state index is -0.248. The van der Waals surface area contributed by atoms with Crippen LogP contribution in [0.2, 0.25) is 0 Å². The van der Waals surface area contributed by atoms with E-state index in [1.807, 2.05) is 17.3 Å². The fourth-order valence-electron chi connectivity index (χ4n) is 2.62. The molecular weight excluding hydrogens is 269 g/mol. The Labute approximate surface area is 123 Å². The molecule has 0 aromatic carbocycles. The first-order valence-corrected chi connectivity index (χ1v) is 7.14. The topological polar surface area (TPSA) is 45.2 Å². The minimum Gasteiger partial charge on any atom is -0.353 e. The molecule has 2 aromatic heterocycles. The van der Waals surface area contributed by atoms with Crippen LogP contribution in [0, 0.1) is 5.82 Å². The molecule has 0 spiro atoms. The average molecular weight is 287 g/mol. The van der Waals surface area contributed by atoms with Crippen molar-refractivity contribution in [2.24, 2.45) is 0 Å². The van der Waals surface area contributed by atoms with Crippen LogP contribution >= 0.6 is 0 Å². The van der Waals surface area contributed by atoms with Gasteiger partial charge in [-0.1, -0.05) is 0 Å². The highest BCUT2D eigenvalue weighted by Crippen LogP contribution is 2.17. The highest BCUT2D eigenvalue weighted by molar-refractivity contribution is 5.39. The van der Waals surface area contributed by atoms with E-state index in [0.717, 1.165) is 44.7 Å². The first-order chi connectivity index (χ1) is 10.3. The van der Waals surface area contributed by atoms with Gasteiger partial charge in [-0.05, 0) is 18.6 Å². The largest absolute Gasteiger partial charge is 0.353 e. The first-order valence-electron chi connectivity index (χ1n) is 7.14. The van der Waals surface area contributed by atoms with Gasteiger partial charge >= 0.3 is 0 Å². The molecule has 5 nitrogen and oxygen atoms in total. The lowest BCUT2D eigenvalue weighted by Gasteiger charge is -2.22. The molecule has 0 aliphatic carbocycles. The van der Waals surface area contributed by atoms with Crippen molar-refractivity contribution in [1.29, 1.82) is 0 Å². The normalized spacial score (nSPS) is 16.7.